The Labute approximate surface area is 187 Å². The second kappa shape index (κ2) is 7.45. The van der Waals surface area contributed by atoms with Gasteiger partial charge in [0.2, 0.25) is 5.78 Å². The molecule has 5 rings (SSSR count). The summed E-state index contributed by atoms with van der Waals surface area (Å²) < 4.78 is 40.2. The lowest BCUT2D eigenvalue weighted by atomic mass is 9.99. The first-order chi connectivity index (χ1) is 15.3. The number of nitrogens with zero attached hydrogens (tertiary/aromatic N) is 1. The maximum atomic E-state index is 14.6. The van der Waals surface area contributed by atoms with Crippen LogP contribution in [-0.4, -0.2) is 16.8 Å². The molecule has 160 valence electrons. The van der Waals surface area contributed by atoms with Gasteiger partial charge in [0, 0.05) is 15.9 Å². The lowest BCUT2D eigenvalue weighted by Gasteiger charge is -2.25. The minimum atomic E-state index is -1.33. The number of amides is 1. The summed E-state index contributed by atoms with van der Waals surface area (Å²) in [4.78, 5) is 27.1. The Kier molecular flexibility index (Phi) is 4.70. The van der Waals surface area contributed by atoms with Gasteiger partial charge in [0.05, 0.1) is 17.5 Å². The molecule has 0 saturated carbocycles. The molecule has 1 aliphatic heterocycles. The van der Waals surface area contributed by atoms with Crippen molar-refractivity contribution in [3.8, 4) is 0 Å². The monoisotopic (exact) mass is 499 g/mol. The third-order valence-corrected chi connectivity index (χ3v) is 5.63. The zero-order valence-electron chi connectivity index (χ0n) is 16.0. The zero-order chi connectivity index (χ0) is 22.6. The quantitative estimate of drug-likeness (QED) is 0.356. The van der Waals surface area contributed by atoms with E-state index in [9.17, 15) is 23.5 Å². The molecule has 0 spiro atoms. The van der Waals surface area contributed by atoms with Crippen molar-refractivity contribution in [2.24, 2.45) is 0 Å². The highest BCUT2D eigenvalue weighted by Gasteiger charge is 2.47. The fraction of sp³-hybridized carbons (Fsp3) is 0.0435. The molecule has 1 N–H and O–H groups in total. The van der Waals surface area contributed by atoms with Crippen LogP contribution in [0.15, 0.2) is 85.5 Å². The average Bonchev–Trinajstić information content (AvgIpc) is 3.48. The summed E-state index contributed by atoms with van der Waals surface area (Å²) in [5.74, 6) is -4.52. The fourth-order valence-electron chi connectivity index (χ4n) is 3.73. The minimum Gasteiger partial charge on any atom is -0.503 e. The largest absolute Gasteiger partial charge is 0.503 e. The third kappa shape index (κ3) is 3.13. The molecule has 32 heavy (non-hydrogen) atoms. The van der Waals surface area contributed by atoms with Gasteiger partial charge in [-0.25, -0.2) is 8.78 Å². The number of anilines is 1. The Bertz CT molecular complexity index is 1420. The van der Waals surface area contributed by atoms with E-state index in [0.29, 0.717) is 11.0 Å². The lowest BCUT2D eigenvalue weighted by Crippen LogP contribution is -2.31. The highest BCUT2D eigenvalue weighted by Crippen LogP contribution is 2.43. The molecule has 1 atom stereocenters. The third-order valence-electron chi connectivity index (χ3n) is 5.14. The van der Waals surface area contributed by atoms with Crippen molar-refractivity contribution in [2.45, 2.75) is 6.04 Å². The number of furan rings is 2. The van der Waals surface area contributed by atoms with Crippen molar-refractivity contribution in [2.75, 3.05) is 4.90 Å². The van der Waals surface area contributed by atoms with Crippen LogP contribution in [-0.2, 0) is 4.79 Å². The number of hydrogen-bond donors (Lipinski definition) is 1. The number of benzene rings is 2. The van der Waals surface area contributed by atoms with Crippen molar-refractivity contribution in [3.05, 3.63) is 99.8 Å². The Balaban J connectivity index is 1.66. The number of fused-ring (bicyclic) bond motifs is 1. The highest BCUT2D eigenvalue weighted by atomic mass is 79.9. The number of halogens is 3. The Morgan fingerprint density at radius 2 is 1.91 bits per heavy atom. The highest BCUT2D eigenvalue weighted by molar-refractivity contribution is 9.10. The maximum Gasteiger partial charge on any atom is 0.294 e. The van der Waals surface area contributed by atoms with E-state index >= 15 is 0 Å². The number of hydrogen-bond acceptors (Lipinski definition) is 5. The molecular formula is C23H12BrF2NO5. The van der Waals surface area contributed by atoms with E-state index in [4.69, 9.17) is 8.83 Å². The maximum absolute atomic E-state index is 14.6. The van der Waals surface area contributed by atoms with Crippen LogP contribution >= 0.6 is 15.9 Å². The van der Waals surface area contributed by atoms with E-state index in [1.54, 1.807) is 18.2 Å². The molecule has 0 aliphatic carbocycles. The van der Waals surface area contributed by atoms with E-state index in [1.807, 2.05) is 0 Å². The molecule has 2 aromatic carbocycles. The number of aliphatic hydroxyl groups is 1. The van der Waals surface area contributed by atoms with Gasteiger partial charge in [-0.1, -0.05) is 15.9 Å². The van der Waals surface area contributed by atoms with Crippen LogP contribution < -0.4 is 4.90 Å². The number of carbonyl (C=O) groups excluding carboxylic acids is 2. The molecule has 0 radical (unpaired) electrons. The van der Waals surface area contributed by atoms with E-state index in [2.05, 4.69) is 15.9 Å². The van der Waals surface area contributed by atoms with Crippen molar-refractivity contribution in [1.29, 1.82) is 0 Å². The van der Waals surface area contributed by atoms with Crippen LogP contribution in [0.5, 0.6) is 0 Å². The van der Waals surface area contributed by atoms with Crippen LogP contribution in [0, 0.1) is 11.6 Å². The summed E-state index contributed by atoms with van der Waals surface area (Å²) in [6.07, 6.45) is 1.30. The average molecular weight is 500 g/mol. The number of aliphatic hydroxyl groups excluding tert-OH is 1. The summed E-state index contributed by atoms with van der Waals surface area (Å²) in [5.41, 5.74) is -0.394. The van der Waals surface area contributed by atoms with Gasteiger partial charge in [-0.15, -0.1) is 0 Å². The summed E-state index contributed by atoms with van der Waals surface area (Å²) in [7, 11) is 0. The Morgan fingerprint density at radius 3 is 2.66 bits per heavy atom. The predicted molar refractivity (Wildman–Crippen MR) is 113 cm³/mol. The summed E-state index contributed by atoms with van der Waals surface area (Å²) in [5, 5.41) is 11.3. The Hall–Kier alpha value is -3.72. The molecule has 9 heteroatoms. The van der Waals surface area contributed by atoms with Crippen molar-refractivity contribution >= 4 is 44.3 Å². The minimum absolute atomic E-state index is 0.0771. The van der Waals surface area contributed by atoms with Gasteiger partial charge in [-0.05, 0) is 48.5 Å². The molecular weight excluding hydrogens is 488 g/mol. The molecule has 0 saturated heterocycles. The lowest BCUT2D eigenvalue weighted by molar-refractivity contribution is -0.117. The van der Waals surface area contributed by atoms with E-state index in [1.165, 1.54) is 24.5 Å². The zero-order valence-corrected chi connectivity index (χ0v) is 17.6. The molecule has 1 unspecified atom stereocenters. The van der Waals surface area contributed by atoms with Crippen molar-refractivity contribution in [1.82, 2.24) is 0 Å². The van der Waals surface area contributed by atoms with Crippen LogP contribution in [0.4, 0.5) is 14.5 Å². The van der Waals surface area contributed by atoms with Gasteiger partial charge in [0.1, 0.15) is 29.0 Å². The summed E-state index contributed by atoms with van der Waals surface area (Å²) in [6.45, 7) is 0. The second-order valence-corrected chi connectivity index (χ2v) is 7.99. The molecule has 3 heterocycles. The van der Waals surface area contributed by atoms with E-state index in [-0.39, 0.29) is 17.1 Å². The van der Waals surface area contributed by atoms with Gasteiger partial charge < -0.3 is 13.9 Å². The normalized spacial score (nSPS) is 16.4. The fourth-order valence-corrected chi connectivity index (χ4v) is 4.11. The Morgan fingerprint density at radius 1 is 1.09 bits per heavy atom. The van der Waals surface area contributed by atoms with Crippen LogP contribution in [0.25, 0.3) is 11.0 Å². The van der Waals surface area contributed by atoms with Gasteiger partial charge in [-0.3, -0.25) is 14.5 Å². The summed E-state index contributed by atoms with van der Waals surface area (Å²) >= 11 is 3.34. The van der Waals surface area contributed by atoms with Crippen LogP contribution in [0.2, 0.25) is 0 Å². The van der Waals surface area contributed by atoms with Gasteiger partial charge >= 0.3 is 0 Å². The second-order valence-electron chi connectivity index (χ2n) is 7.07. The van der Waals surface area contributed by atoms with E-state index in [0.717, 1.165) is 27.6 Å². The van der Waals surface area contributed by atoms with Crippen molar-refractivity contribution in [3.63, 3.8) is 0 Å². The van der Waals surface area contributed by atoms with Gasteiger partial charge in [0.15, 0.2) is 11.5 Å². The topological polar surface area (TPSA) is 83.9 Å². The number of Topliss-reactive ketones (excluding diaryl/α,β-unsaturated/α-hetero) is 1. The number of rotatable bonds is 4. The predicted octanol–water partition coefficient (Wildman–Crippen LogP) is 5.85. The SMILES string of the molecule is O=C(C1=C(O)C(=O)N(c2cc(F)ccc2F)C1c1ccco1)c1cc2cc(Br)ccc2o1. The van der Waals surface area contributed by atoms with Gasteiger partial charge in [0.25, 0.3) is 5.91 Å². The molecule has 4 aromatic rings. The molecule has 0 fully saturated rings. The first kappa shape index (κ1) is 20.2. The van der Waals surface area contributed by atoms with Crippen LogP contribution in [0.3, 0.4) is 0 Å². The van der Waals surface area contributed by atoms with E-state index < -0.39 is 40.8 Å². The first-order valence-electron chi connectivity index (χ1n) is 9.34. The number of ketones is 1. The van der Waals surface area contributed by atoms with Crippen LogP contribution in [0.1, 0.15) is 22.4 Å². The summed E-state index contributed by atoms with van der Waals surface area (Å²) in [6, 6.07) is 10.8. The molecule has 0 bridgehead atoms. The molecule has 1 amide bonds. The first-order valence-corrected chi connectivity index (χ1v) is 10.1. The van der Waals surface area contributed by atoms with Gasteiger partial charge in [-0.2, -0.15) is 0 Å². The van der Waals surface area contributed by atoms with Crippen molar-refractivity contribution < 1.29 is 32.3 Å². The smallest absolute Gasteiger partial charge is 0.294 e. The standard InChI is InChI=1S/C23H12BrF2NO5/c24-12-3-6-16-11(8-12)9-18(32-16)21(28)19-20(17-2-1-7-31-17)27(23(30)22(19)29)15-10-13(25)4-5-14(15)26/h1-10,20,29H. The number of carbonyl (C=O) groups is 2. The molecule has 2 aromatic heterocycles. The molecule has 1 aliphatic rings. The molecule has 6 nitrogen and oxygen atoms in total.